The summed E-state index contributed by atoms with van der Waals surface area (Å²) in [6.07, 6.45) is 0.589. The quantitative estimate of drug-likeness (QED) is 0.569. The maximum Gasteiger partial charge on any atom is 0.322 e. The zero-order chi connectivity index (χ0) is 8.93. The van der Waals surface area contributed by atoms with Gasteiger partial charge in [0.1, 0.15) is 11.4 Å². The fourth-order valence-electron chi connectivity index (χ4n) is 1.77. The summed E-state index contributed by atoms with van der Waals surface area (Å²) in [5, 5.41) is 8.16. The third kappa shape index (κ3) is 0.879. The van der Waals surface area contributed by atoms with Crippen molar-refractivity contribution < 1.29 is 18.3 Å². The maximum atomic E-state index is 11.2. The summed E-state index contributed by atoms with van der Waals surface area (Å²) in [6, 6.07) is -0.797. The highest BCUT2D eigenvalue weighted by molar-refractivity contribution is 7.92. The minimum atomic E-state index is -3.14. The van der Waals surface area contributed by atoms with Gasteiger partial charge < -0.3 is 5.11 Å². The van der Waals surface area contributed by atoms with Crippen molar-refractivity contribution in [1.82, 2.24) is 4.90 Å². The monoisotopic (exact) mass is 191 g/mol. The second-order valence-corrected chi connectivity index (χ2v) is 5.37. The number of fused-ring (bicyclic) bond motifs is 1. The van der Waals surface area contributed by atoms with Gasteiger partial charge in [-0.05, 0) is 6.42 Å². The number of sulfone groups is 1. The molecule has 6 heteroatoms. The summed E-state index contributed by atoms with van der Waals surface area (Å²) < 4.78 is 22.5. The Morgan fingerprint density at radius 1 is 1.50 bits per heavy atom. The minimum absolute atomic E-state index is 0.215. The van der Waals surface area contributed by atoms with Crippen molar-refractivity contribution in [2.24, 2.45) is 0 Å². The molecule has 0 amide bonds. The van der Waals surface area contributed by atoms with Crippen LogP contribution in [0.25, 0.3) is 0 Å². The molecule has 0 spiro atoms. The molecule has 2 atom stereocenters. The first-order valence-corrected chi connectivity index (χ1v) is 5.44. The normalized spacial score (nSPS) is 38.7. The molecule has 0 radical (unpaired) electrons. The van der Waals surface area contributed by atoms with Gasteiger partial charge in [-0.15, -0.1) is 0 Å². The van der Waals surface area contributed by atoms with Gasteiger partial charge in [0.25, 0.3) is 0 Å². The number of aliphatic carboxylic acids is 1. The van der Waals surface area contributed by atoms with Crippen molar-refractivity contribution in [2.75, 3.05) is 12.3 Å². The molecule has 1 N–H and O–H groups in total. The van der Waals surface area contributed by atoms with Crippen LogP contribution in [0.15, 0.2) is 0 Å². The van der Waals surface area contributed by atoms with Gasteiger partial charge in [-0.3, -0.25) is 9.69 Å². The van der Waals surface area contributed by atoms with Crippen LogP contribution < -0.4 is 0 Å². The molecule has 2 aliphatic heterocycles. The maximum absolute atomic E-state index is 11.2. The molecule has 68 valence electrons. The highest BCUT2D eigenvalue weighted by atomic mass is 32.2. The Morgan fingerprint density at radius 3 is 2.42 bits per heavy atom. The molecule has 0 aromatic carbocycles. The van der Waals surface area contributed by atoms with Crippen LogP contribution in [0.2, 0.25) is 0 Å². The van der Waals surface area contributed by atoms with Gasteiger partial charge >= 0.3 is 5.97 Å². The van der Waals surface area contributed by atoms with Gasteiger partial charge in [0.2, 0.25) is 0 Å². The smallest absolute Gasteiger partial charge is 0.322 e. The van der Waals surface area contributed by atoms with E-state index in [0.29, 0.717) is 13.0 Å². The Kier molecular flexibility index (Phi) is 1.47. The van der Waals surface area contributed by atoms with E-state index in [1.165, 1.54) is 4.90 Å². The molecule has 2 saturated heterocycles. The SMILES string of the molecule is O=C(O)C1CS(=O)(=O)C2CCN12. The van der Waals surface area contributed by atoms with Gasteiger partial charge in [0.15, 0.2) is 9.84 Å². The molecule has 2 heterocycles. The second-order valence-electron chi connectivity index (χ2n) is 3.16. The Morgan fingerprint density at radius 2 is 2.17 bits per heavy atom. The second kappa shape index (κ2) is 2.20. The minimum Gasteiger partial charge on any atom is -0.480 e. The predicted octanol–water partition coefficient (Wildman–Crippen LogP) is -1.10. The third-order valence-electron chi connectivity index (χ3n) is 2.49. The lowest BCUT2D eigenvalue weighted by Crippen LogP contribution is -2.51. The highest BCUT2D eigenvalue weighted by Crippen LogP contribution is 2.33. The Hall–Kier alpha value is -0.620. The van der Waals surface area contributed by atoms with Crippen LogP contribution in [0, 0.1) is 0 Å². The van der Waals surface area contributed by atoms with Gasteiger partial charge in [0, 0.05) is 6.54 Å². The van der Waals surface area contributed by atoms with Crippen LogP contribution in [0.3, 0.4) is 0 Å². The number of hydrogen-bond acceptors (Lipinski definition) is 4. The van der Waals surface area contributed by atoms with E-state index in [-0.39, 0.29) is 5.75 Å². The van der Waals surface area contributed by atoms with Gasteiger partial charge in [-0.25, -0.2) is 8.42 Å². The van der Waals surface area contributed by atoms with Crippen LogP contribution in [0.5, 0.6) is 0 Å². The zero-order valence-corrected chi connectivity index (χ0v) is 7.12. The number of carbonyl (C=O) groups is 1. The van der Waals surface area contributed by atoms with Crippen molar-refractivity contribution in [2.45, 2.75) is 17.8 Å². The molecule has 0 bridgehead atoms. The lowest BCUT2D eigenvalue weighted by molar-refractivity contribution is -0.143. The summed E-state index contributed by atoms with van der Waals surface area (Å²) in [5.41, 5.74) is 0. The number of hydrogen-bond donors (Lipinski definition) is 1. The van der Waals surface area contributed by atoms with Crippen LogP contribution in [0.4, 0.5) is 0 Å². The fourth-order valence-corrected chi connectivity index (χ4v) is 3.89. The fraction of sp³-hybridized carbons (Fsp3) is 0.833. The lowest BCUT2D eigenvalue weighted by atomic mass is 10.1. The van der Waals surface area contributed by atoms with Crippen molar-refractivity contribution >= 4 is 15.8 Å². The molecule has 0 aliphatic carbocycles. The molecular weight excluding hydrogens is 182 g/mol. The number of rotatable bonds is 1. The van der Waals surface area contributed by atoms with E-state index in [9.17, 15) is 13.2 Å². The molecule has 12 heavy (non-hydrogen) atoms. The predicted molar refractivity (Wildman–Crippen MR) is 40.3 cm³/mol. The van der Waals surface area contributed by atoms with Gasteiger partial charge in [0.05, 0.1) is 5.75 Å². The van der Waals surface area contributed by atoms with E-state index in [1.54, 1.807) is 0 Å². The summed E-state index contributed by atoms with van der Waals surface area (Å²) >= 11 is 0. The topological polar surface area (TPSA) is 74.7 Å². The first kappa shape index (κ1) is 8.00. The molecule has 2 rings (SSSR count). The van der Waals surface area contributed by atoms with E-state index in [2.05, 4.69) is 0 Å². The summed E-state index contributed by atoms with van der Waals surface area (Å²) in [6.45, 7) is 0.598. The van der Waals surface area contributed by atoms with Crippen LogP contribution >= 0.6 is 0 Å². The summed E-state index contributed by atoms with van der Waals surface area (Å²) in [4.78, 5) is 12.1. The largest absolute Gasteiger partial charge is 0.480 e. The van der Waals surface area contributed by atoms with Gasteiger partial charge in [-0.2, -0.15) is 0 Å². The molecule has 5 nitrogen and oxygen atoms in total. The first-order valence-electron chi connectivity index (χ1n) is 3.72. The van der Waals surface area contributed by atoms with Crippen LogP contribution in [-0.4, -0.2) is 48.1 Å². The lowest BCUT2D eigenvalue weighted by Gasteiger charge is -2.35. The van der Waals surface area contributed by atoms with Gasteiger partial charge in [-0.1, -0.05) is 0 Å². The molecule has 2 unspecified atom stereocenters. The van der Waals surface area contributed by atoms with Crippen molar-refractivity contribution in [3.63, 3.8) is 0 Å². The third-order valence-corrected chi connectivity index (χ3v) is 4.61. The highest BCUT2D eigenvalue weighted by Gasteiger charge is 2.53. The number of carboxylic acids is 1. The van der Waals surface area contributed by atoms with E-state index in [0.717, 1.165) is 0 Å². The average molecular weight is 191 g/mol. The van der Waals surface area contributed by atoms with E-state index in [4.69, 9.17) is 5.11 Å². The summed E-state index contributed by atoms with van der Waals surface area (Å²) in [5.74, 6) is -1.24. The molecule has 0 aromatic heterocycles. The van der Waals surface area contributed by atoms with E-state index in [1.807, 2.05) is 0 Å². The molecule has 0 aromatic rings. The molecule has 2 aliphatic rings. The van der Waals surface area contributed by atoms with Crippen molar-refractivity contribution in [3.8, 4) is 0 Å². The Balaban J connectivity index is 2.30. The van der Waals surface area contributed by atoms with Crippen molar-refractivity contribution in [1.29, 1.82) is 0 Å². The molecule has 2 fully saturated rings. The van der Waals surface area contributed by atoms with Crippen LogP contribution in [-0.2, 0) is 14.6 Å². The van der Waals surface area contributed by atoms with E-state index >= 15 is 0 Å². The number of nitrogens with zero attached hydrogens (tertiary/aromatic N) is 1. The average Bonchev–Trinajstić information content (AvgIpc) is 1.96. The standard InChI is InChI=1S/C6H9NO4S/c8-6(9)4-3-12(10,11)5-1-2-7(4)5/h4-5H,1-3H2,(H,8,9). The van der Waals surface area contributed by atoms with Crippen molar-refractivity contribution in [3.05, 3.63) is 0 Å². The molecular formula is C6H9NO4S. The number of carboxylic acid groups (broad SMARTS) is 1. The van der Waals surface area contributed by atoms with Crippen LogP contribution in [0.1, 0.15) is 6.42 Å². The zero-order valence-electron chi connectivity index (χ0n) is 6.30. The first-order chi connectivity index (χ1) is 5.52. The summed E-state index contributed by atoms with van der Waals surface area (Å²) in [7, 11) is -3.14. The molecule has 0 saturated carbocycles. The van der Waals surface area contributed by atoms with E-state index < -0.39 is 27.2 Å². The Labute approximate surface area is 69.9 Å². The Bertz CT molecular complexity index is 322.